The second-order valence-electron chi connectivity index (χ2n) is 5.17. The number of ether oxygens (including phenoxy) is 2. The summed E-state index contributed by atoms with van der Waals surface area (Å²) < 4.78 is 11.1. The predicted octanol–water partition coefficient (Wildman–Crippen LogP) is 2.11. The van der Waals surface area contributed by atoms with Crippen LogP contribution in [0.3, 0.4) is 0 Å². The summed E-state index contributed by atoms with van der Waals surface area (Å²) in [6.45, 7) is 9.92. The van der Waals surface area contributed by atoms with Gasteiger partial charge in [-0.2, -0.15) is 0 Å². The van der Waals surface area contributed by atoms with Gasteiger partial charge in [0.1, 0.15) is 5.75 Å². The summed E-state index contributed by atoms with van der Waals surface area (Å²) in [7, 11) is 0. The topological polar surface area (TPSA) is 33.7 Å². The third kappa shape index (κ3) is 7.14. The van der Waals surface area contributed by atoms with Gasteiger partial charge in [0.25, 0.3) is 0 Å². The molecule has 0 radical (unpaired) electrons. The second kappa shape index (κ2) is 10.9. The van der Waals surface area contributed by atoms with E-state index in [0.29, 0.717) is 0 Å². The Hall–Kier alpha value is -0.810. The lowest BCUT2D eigenvalue weighted by Crippen LogP contribution is -2.40. The predicted molar refractivity (Wildman–Crippen MR) is 88.7 cm³/mol. The highest BCUT2D eigenvalue weighted by atomic mass is 35.5. The molecule has 1 heterocycles. The molecule has 2 rings (SSSR count). The van der Waals surface area contributed by atoms with E-state index in [1.54, 1.807) is 0 Å². The van der Waals surface area contributed by atoms with Crippen LogP contribution >= 0.6 is 12.4 Å². The lowest BCUT2D eigenvalue weighted by Gasteiger charge is -2.26. The molecule has 0 bridgehead atoms. The molecule has 1 aliphatic heterocycles. The van der Waals surface area contributed by atoms with Gasteiger partial charge in [0.2, 0.25) is 0 Å². The number of morpholine rings is 1. The van der Waals surface area contributed by atoms with Crippen molar-refractivity contribution in [2.75, 3.05) is 52.5 Å². The van der Waals surface area contributed by atoms with Gasteiger partial charge >= 0.3 is 0 Å². The van der Waals surface area contributed by atoms with Crippen molar-refractivity contribution in [1.29, 1.82) is 0 Å². The SMILES string of the molecule is Cc1ccccc1OCCCNCCN1CCOCC1.Cl. The fourth-order valence-corrected chi connectivity index (χ4v) is 2.28. The quantitative estimate of drug-likeness (QED) is 0.745. The first-order chi connectivity index (χ1) is 9.86. The van der Waals surface area contributed by atoms with Gasteiger partial charge < -0.3 is 14.8 Å². The molecule has 5 heteroatoms. The van der Waals surface area contributed by atoms with Crippen LogP contribution in [0.15, 0.2) is 24.3 Å². The van der Waals surface area contributed by atoms with E-state index in [-0.39, 0.29) is 12.4 Å². The smallest absolute Gasteiger partial charge is 0.122 e. The highest BCUT2D eigenvalue weighted by molar-refractivity contribution is 5.85. The van der Waals surface area contributed by atoms with Gasteiger partial charge in [-0.05, 0) is 31.5 Å². The number of benzene rings is 1. The molecule has 1 aromatic carbocycles. The van der Waals surface area contributed by atoms with Crippen LogP contribution in [0.1, 0.15) is 12.0 Å². The van der Waals surface area contributed by atoms with Crippen LogP contribution in [-0.2, 0) is 4.74 Å². The van der Waals surface area contributed by atoms with Gasteiger partial charge in [-0.25, -0.2) is 0 Å². The maximum Gasteiger partial charge on any atom is 0.122 e. The molecule has 0 unspecified atom stereocenters. The van der Waals surface area contributed by atoms with Crippen molar-refractivity contribution >= 4 is 12.4 Å². The molecule has 21 heavy (non-hydrogen) atoms. The van der Waals surface area contributed by atoms with Crippen LogP contribution in [0.2, 0.25) is 0 Å². The van der Waals surface area contributed by atoms with Crippen LogP contribution in [0.25, 0.3) is 0 Å². The Kier molecular flexibility index (Phi) is 9.42. The van der Waals surface area contributed by atoms with E-state index in [4.69, 9.17) is 9.47 Å². The molecule has 4 nitrogen and oxygen atoms in total. The molecule has 0 amide bonds. The lowest BCUT2D eigenvalue weighted by molar-refractivity contribution is 0.0384. The monoisotopic (exact) mass is 314 g/mol. The number of nitrogens with zero attached hydrogens (tertiary/aromatic N) is 1. The van der Waals surface area contributed by atoms with Crippen molar-refractivity contribution in [1.82, 2.24) is 10.2 Å². The van der Waals surface area contributed by atoms with Gasteiger partial charge in [0.15, 0.2) is 0 Å². The number of para-hydroxylation sites is 1. The Morgan fingerprint density at radius 3 is 2.71 bits per heavy atom. The molecule has 0 atom stereocenters. The molecule has 0 aliphatic carbocycles. The lowest BCUT2D eigenvalue weighted by atomic mass is 10.2. The fourth-order valence-electron chi connectivity index (χ4n) is 2.28. The molecule has 1 aliphatic rings. The summed E-state index contributed by atoms with van der Waals surface area (Å²) in [5, 5.41) is 3.47. The van der Waals surface area contributed by atoms with E-state index < -0.39 is 0 Å². The maximum atomic E-state index is 5.77. The van der Waals surface area contributed by atoms with Gasteiger partial charge in [-0.1, -0.05) is 18.2 Å². The molecular formula is C16H27ClN2O2. The molecule has 0 spiro atoms. The van der Waals surface area contributed by atoms with Crippen LogP contribution in [0, 0.1) is 6.92 Å². The summed E-state index contributed by atoms with van der Waals surface area (Å²) >= 11 is 0. The third-order valence-corrected chi connectivity index (χ3v) is 3.56. The first-order valence-corrected chi connectivity index (χ1v) is 7.55. The Morgan fingerprint density at radius 2 is 1.95 bits per heavy atom. The molecule has 1 saturated heterocycles. The Morgan fingerprint density at radius 1 is 1.19 bits per heavy atom. The summed E-state index contributed by atoms with van der Waals surface area (Å²) in [5.74, 6) is 1.00. The van der Waals surface area contributed by atoms with E-state index in [2.05, 4.69) is 23.2 Å². The van der Waals surface area contributed by atoms with Gasteiger partial charge in [-0.15, -0.1) is 12.4 Å². The normalized spacial score (nSPS) is 15.5. The number of hydrogen-bond acceptors (Lipinski definition) is 4. The summed E-state index contributed by atoms with van der Waals surface area (Å²) in [5.41, 5.74) is 1.20. The van der Waals surface area contributed by atoms with Crippen LogP contribution in [0.4, 0.5) is 0 Å². The Bertz CT molecular complexity index is 384. The number of aryl methyl sites for hydroxylation is 1. The van der Waals surface area contributed by atoms with E-state index in [0.717, 1.165) is 64.7 Å². The minimum Gasteiger partial charge on any atom is -0.493 e. The van der Waals surface area contributed by atoms with E-state index in [1.165, 1.54) is 5.56 Å². The zero-order valence-corrected chi connectivity index (χ0v) is 13.7. The minimum absolute atomic E-state index is 0. The Labute approximate surface area is 134 Å². The number of halogens is 1. The van der Waals surface area contributed by atoms with Crippen LogP contribution < -0.4 is 10.1 Å². The molecule has 120 valence electrons. The molecule has 1 N–H and O–H groups in total. The summed E-state index contributed by atoms with van der Waals surface area (Å²) in [6.07, 6.45) is 1.04. The van der Waals surface area contributed by atoms with Crippen molar-refractivity contribution in [3.05, 3.63) is 29.8 Å². The molecule has 1 aromatic rings. The average molecular weight is 315 g/mol. The standard InChI is InChI=1S/C16H26N2O2.ClH/c1-15-5-2-3-6-16(15)20-12-4-7-17-8-9-18-10-13-19-14-11-18;/h2-3,5-6,17H,4,7-14H2,1H3;1H. The first kappa shape index (κ1) is 18.2. The molecule has 1 fully saturated rings. The summed E-state index contributed by atoms with van der Waals surface area (Å²) in [4.78, 5) is 2.44. The first-order valence-electron chi connectivity index (χ1n) is 7.55. The Balaban J connectivity index is 0.00000220. The number of rotatable bonds is 8. The van der Waals surface area contributed by atoms with E-state index in [1.807, 2.05) is 18.2 Å². The van der Waals surface area contributed by atoms with Crippen molar-refractivity contribution in [3.63, 3.8) is 0 Å². The maximum absolute atomic E-state index is 5.77. The van der Waals surface area contributed by atoms with Crippen molar-refractivity contribution in [3.8, 4) is 5.75 Å². The van der Waals surface area contributed by atoms with E-state index >= 15 is 0 Å². The van der Waals surface area contributed by atoms with Crippen molar-refractivity contribution in [2.45, 2.75) is 13.3 Å². The number of nitrogens with one attached hydrogen (secondary N) is 1. The fraction of sp³-hybridized carbons (Fsp3) is 0.625. The average Bonchev–Trinajstić information content (AvgIpc) is 2.49. The molecule has 0 aromatic heterocycles. The zero-order chi connectivity index (χ0) is 14.0. The zero-order valence-electron chi connectivity index (χ0n) is 12.8. The van der Waals surface area contributed by atoms with E-state index in [9.17, 15) is 0 Å². The molecular weight excluding hydrogens is 288 g/mol. The third-order valence-electron chi connectivity index (χ3n) is 3.56. The van der Waals surface area contributed by atoms with Crippen LogP contribution in [-0.4, -0.2) is 57.4 Å². The van der Waals surface area contributed by atoms with Gasteiger partial charge in [0.05, 0.1) is 19.8 Å². The van der Waals surface area contributed by atoms with Gasteiger partial charge in [0, 0.05) is 26.2 Å². The minimum atomic E-state index is 0. The molecule has 0 saturated carbocycles. The highest BCUT2D eigenvalue weighted by Crippen LogP contribution is 2.15. The highest BCUT2D eigenvalue weighted by Gasteiger charge is 2.08. The number of hydrogen-bond donors (Lipinski definition) is 1. The van der Waals surface area contributed by atoms with Gasteiger partial charge in [-0.3, -0.25) is 4.90 Å². The van der Waals surface area contributed by atoms with Crippen LogP contribution in [0.5, 0.6) is 5.75 Å². The second-order valence-corrected chi connectivity index (χ2v) is 5.17. The van der Waals surface area contributed by atoms with Crippen molar-refractivity contribution < 1.29 is 9.47 Å². The summed E-state index contributed by atoms with van der Waals surface area (Å²) in [6, 6.07) is 8.16. The largest absolute Gasteiger partial charge is 0.493 e. The van der Waals surface area contributed by atoms with Crippen molar-refractivity contribution in [2.24, 2.45) is 0 Å².